The topological polar surface area (TPSA) is 40.5 Å². The molecule has 0 aromatic heterocycles. The molecule has 0 fully saturated rings. The van der Waals surface area contributed by atoms with Crippen molar-refractivity contribution in [1.82, 2.24) is 0 Å². The van der Waals surface area contributed by atoms with Gasteiger partial charge in [-0.15, -0.1) is 0 Å². The van der Waals surface area contributed by atoms with Crippen molar-refractivity contribution >= 4 is 21.5 Å². The molecule has 0 aliphatic rings. The van der Waals surface area contributed by atoms with E-state index in [1.165, 1.54) is 6.92 Å². The molecule has 4 heteroatoms. The molecule has 3 aromatic carbocycles. The van der Waals surface area contributed by atoms with Gasteiger partial charge in [0, 0.05) is 22.4 Å². The fourth-order valence-electron chi connectivity index (χ4n) is 3.63. The molecule has 0 atom stereocenters. The summed E-state index contributed by atoms with van der Waals surface area (Å²) in [7, 11) is 0. The van der Waals surface area contributed by atoms with Gasteiger partial charge >= 0.3 is 0 Å². The van der Waals surface area contributed by atoms with Gasteiger partial charge in [-0.05, 0) is 67.6 Å². The molecule has 0 amide bonds. The van der Waals surface area contributed by atoms with Crippen LogP contribution in [0.4, 0.5) is 8.78 Å². The van der Waals surface area contributed by atoms with E-state index in [0.717, 1.165) is 6.07 Å². The molecule has 0 aliphatic heterocycles. The van der Waals surface area contributed by atoms with E-state index < -0.39 is 11.6 Å². The highest BCUT2D eigenvalue weighted by Crippen LogP contribution is 2.43. The summed E-state index contributed by atoms with van der Waals surface area (Å²) in [6.07, 6.45) is 0. The highest BCUT2D eigenvalue weighted by Gasteiger charge is 2.23. The number of rotatable bonds is 0. The van der Waals surface area contributed by atoms with Crippen molar-refractivity contribution in [3.8, 4) is 11.5 Å². The third kappa shape index (κ3) is 1.84. The van der Waals surface area contributed by atoms with Crippen LogP contribution in [0, 0.1) is 46.3 Å². The average Bonchev–Trinajstić information content (AvgIpc) is 2.49. The zero-order chi connectivity index (χ0) is 17.2. The third-order valence-electron chi connectivity index (χ3n) is 4.90. The molecule has 0 heterocycles. The monoisotopic (exact) mass is 316 g/mol. The Morgan fingerprint density at radius 3 is 1.78 bits per heavy atom. The molecule has 0 unspecified atom stereocenters. The Morgan fingerprint density at radius 1 is 0.652 bits per heavy atom. The number of fused-ring (bicyclic) bond motifs is 2. The van der Waals surface area contributed by atoms with E-state index >= 15 is 0 Å². The summed E-state index contributed by atoms with van der Waals surface area (Å²) in [5.74, 6) is -1.33. The average molecular weight is 316 g/mol. The number of aromatic hydroxyl groups is 2. The summed E-state index contributed by atoms with van der Waals surface area (Å²) in [5.41, 5.74) is 2.39. The number of hydrogen-bond acceptors (Lipinski definition) is 2. The van der Waals surface area contributed by atoms with E-state index in [9.17, 15) is 19.0 Å². The van der Waals surface area contributed by atoms with Crippen LogP contribution < -0.4 is 0 Å². The Labute approximate surface area is 133 Å². The number of aryl methyl sites for hydroxylation is 4. The smallest absolute Gasteiger partial charge is 0.137 e. The Bertz CT molecular complexity index is 1000. The van der Waals surface area contributed by atoms with E-state index in [-0.39, 0.29) is 17.1 Å². The molecule has 0 radical (unpaired) electrons. The third-order valence-corrected chi connectivity index (χ3v) is 4.90. The summed E-state index contributed by atoms with van der Waals surface area (Å²) in [6.45, 7) is 8.36. The highest BCUT2D eigenvalue weighted by molar-refractivity contribution is 6.09. The molecule has 0 spiro atoms. The zero-order valence-corrected chi connectivity index (χ0v) is 13.7. The molecule has 0 bridgehead atoms. The molecule has 23 heavy (non-hydrogen) atoms. The molecular weight excluding hydrogens is 298 g/mol. The summed E-state index contributed by atoms with van der Waals surface area (Å²) in [6, 6.07) is 1.06. The fraction of sp³-hybridized carbons (Fsp3) is 0.263. The summed E-state index contributed by atoms with van der Waals surface area (Å²) < 4.78 is 29.3. The number of hydrogen-bond donors (Lipinski definition) is 2. The zero-order valence-electron chi connectivity index (χ0n) is 13.7. The van der Waals surface area contributed by atoms with Crippen molar-refractivity contribution in [3.05, 3.63) is 45.5 Å². The van der Waals surface area contributed by atoms with Crippen LogP contribution in [-0.2, 0) is 0 Å². The maximum absolute atomic E-state index is 14.8. The van der Waals surface area contributed by atoms with Gasteiger partial charge in [-0.1, -0.05) is 0 Å². The molecule has 2 N–H and O–H groups in total. The van der Waals surface area contributed by atoms with Crippen LogP contribution in [-0.4, -0.2) is 10.2 Å². The Kier molecular flexibility index (Phi) is 3.25. The van der Waals surface area contributed by atoms with Crippen LogP contribution >= 0.6 is 0 Å². The number of phenols is 2. The van der Waals surface area contributed by atoms with Crippen molar-refractivity contribution in [3.63, 3.8) is 0 Å². The highest BCUT2D eigenvalue weighted by atomic mass is 19.1. The molecule has 0 saturated heterocycles. The lowest BCUT2D eigenvalue weighted by Gasteiger charge is -2.19. The lowest BCUT2D eigenvalue weighted by Crippen LogP contribution is -2.00. The first-order valence-corrected chi connectivity index (χ1v) is 7.40. The van der Waals surface area contributed by atoms with Crippen molar-refractivity contribution < 1.29 is 19.0 Å². The van der Waals surface area contributed by atoms with Crippen molar-refractivity contribution in [2.45, 2.75) is 34.6 Å². The van der Waals surface area contributed by atoms with Crippen LogP contribution in [0.2, 0.25) is 0 Å². The standard InChI is InChI=1S/C19H18F2O2/c1-7-13(22)6-12(20)16-9(3)17-15(8(2)14(7)16)10(4)19(23)11(5)18(17)21/h6,22-23H,1-5H3. The van der Waals surface area contributed by atoms with E-state index in [4.69, 9.17) is 0 Å². The van der Waals surface area contributed by atoms with Crippen LogP contribution in [0.3, 0.4) is 0 Å². The molecule has 3 rings (SSSR count). The van der Waals surface area contributed by atoms with Gasteiger partial charge in [0.25, 0.3) is 0 Å². The predicted molar refractivity (Wildman–Crippen MR) is 88.4 cm³/mol. The first-order valence-electron chi connectivity index (χ1n) is 7.40. The minimum atomic E-state index is -0.576. The van der Waals surface area contributed by atoms with Gasteiger partial charge in [0.15, 0.2) is 0 Å². The van der Waals surface area contributed by atoms with Crippen molar-refractivity contribution in [2.24, 2.45) is 0 Å². The minimum Gasteiger partial charge on any atom is -0.508 e. The largest absolute Gasteiger partial charge is 0.508 e. The first-order chi connectivity index (χ1) is 10.7. The van der Waals surface area contributed by atoms with Gasteiger partial charge in [0.1, 0.15) is 23.1 Å². The van der Waals surface area contributed by atoms with Gasteiger partial charge in [0.2, 0.25) is 0 Å². The van der Waals surface area contributed by atoms with Gasteiger partial charge in [-0.25, -0.2) is 8.78 Å². The maximum Gasteiger partial charge on any atom is 0.137 e. The van der Waals surface area contributed by atoms with Crippen LogP contribution in [0.25, 0.3) is 21.5 Å². The second-order valence-corrected chi connectivity index (χ2v) is 6.17. The lowest BCUT2D eigenvalue weighted by atomic mass is 9.86. The van der Waals surface area contributed by atoms with Crippen molar-refractivity contribution in [2.75, 3.05) is 0 Å². The second-order valence-electron chi connectivity index (χ2n) is 6.17. The molecule has 3 aromatic rings. The summed E-state index contributed by atoms with van der Waals surface area (Å²) in [4.78, 5) is 0. The van der Waals surface area contributed by atoms with E-state index in [1.54, 1.807) is 27.7 Å². The Hall–Kier alpha value is -2.36. The van der Waals surface area contributed by atoms with Crippen LogP contribution in [0.5, 0.6) is 11.5 Å². The minimum absolute atomic E-state index is 0.0878. The van der Waals surface area contributed by atoms with Gasteiger partial charge in [-0.3, -0.25) is 0 Å². The molecule has 2 nitrogen and oxygen atoms in total. The number of halogens is 2. The van der Waals surface area contributed by atoms with Gasteiger partial charge < -0.3 is 10.2 Å². The normalized spacial score (nSPS) is 11.6. The lowest BCUT2D eigenvalue weighted by molar-refractivity contribution is 0.461. The Balaban J connectivity index is 2.80. The number of phenolic OH excluding ortho intramolecular Hbond substituents is 2. The molecule has 0 saturated carbocycles. The fourth-order valence-corrected chi connectivity index (χ4v) is 3.63. The predicted octanol–water partition coefficient (Wildman–Crippen LogP) is 5.22. The maximum atomic E-state index is 14.8. The number of benzene rings is 3. The second kappa shape index (κ2) is 4.82. The van der Waals surface area contributed by atoms with Crippen LogP contribution in [0.15, 0.2) is 6.07 Å². The first kappa shape index (κ1) is 15.5. The van der Waals surface area contributed by atoms with E-state index in [0.29, 0.717) is 43.8 Å². The SMILES string of the molecule is Cc1c(O)c(C)c2c(C)c3c(C)c(O)cc(F)c3c(C)c2c1F. The van der Waals surface area contributed by atoms with Crippen molar-refractivity contribution in [1.29, 1.82) is 0 Å². The molecule has 120 valence electrons. The van der Waals surface area contributed by atoms with Crippen LogP contribution in [0.1, 0.15) is 27.8 Å². The van der Waals surface area contributed by atoms with E-state index in [1.807, 2.05) is 0 Å². The summed E-state index contributed by atoms with van der Waals surface area (Å²) >= 11 is 0. The molecular formula is C19H18F2O2. The quantitative estimate of drug-likeness (QED) is 0.558. The van der Waals surface area contributed by atoms with Gasteiger partial charge in [0.05, 0.1) is 0 Å². The molecule has 0 aliphatic carbocycles. The Morgan fingerprint density at radius 2 is 1.17 bits per heavy atom. The van der Waals surface area contributed by atoms with Gasteiger partial charge in [-0.2, -0.15) is 0 Å². The van der Waals surface area contributed by atoms with E-state index in [2.05, 4.69) is 0 Å². The summed E-state index contributed by atoms with van der Waals surface area (Å²) in [5, 5.41) is 21.9.